The fourth-order valence-corrected chi connectivity index (χ4v) is 8.15. The number of aliphatic hydroxyl groups is 1. The molecule has 0 saturated carbocycles. The van der Waals surface area contributed by atoms with Crippen molar-refractivity contribution in [3.05, 3.63) is 85.1 Å². The highest BCUT2D eigenvalue weighted by Gasteiger charge is 2.24. The van der Waals surface area contributed by atoms with Gasteiger partial charge in [0.15, 0.2) is 0 Å². The molecule has 9 heteroatoms. The Kier molecular flexibility index (Phi) is 46.1. The van der Waals surface area contributed by atoms with Crippen molar-refractivity contribution in [3.63, 3.8) is 0 Å². The van der Waals surface area contributed by atoms with E-state index in [1.165, 1.54) is 109 Å². The van der Waals surface area contributed by atoms with Gasteiger partial charge in [0.1, 0.15) is 13.2 Å². The number of phosphoric ester groups is 1. The topological polar surface area (TPSA) is 108 Å². The second-order valence-corrected chi connectivity index (χ2v) is 20.6. The molecule has 0 aromatic carbocycles. The van der Waals surface area contributed by atoms with E-state index in [-0.39, 0.29) is 19.1 Å². The van der Waals surface area contributed by atoms with Gasteiger partial charge in [0.05, 0.1) is 39.9 Å². The van der Waals surface area contributed by atoms with Crippen LogP contribution in [-0.2, 0) is 18.4 Å². The number of hydrogen-bond donors (Lipinski definition) is 2. The van der Waals surface area contributed by atoms with E-state index in [9.17, 15) is 19.4 Å². The molecule has 0 aromatic rings. The van der Waals surface area contributed by atoms with Crippen molar-refractivity contribution < 1.29 is 32.9 Å². The zero-order chi connectivity index (χ0) is 48.5. The van der Waals surface area contributed by atoms with Crippen LogP contribution in [0.15, 0.2) is 85.1 Å². The third-order valence-electron chi connectivity index (χ3n) is 11.6. The number of amides is 1. The summed E-state index contributed by atoms with van der Waals surface area (Å²) in [6, 6.07) is -0.800. The maximum atomic E-state index is 12.9. The number of phosphoric acid groups is 1. The van der Waals surface area contributed by atoms with Crippen molar-refractivity contribution in [1.82, 2.24) is 5.32 Å². The van der Waals surface area contributed by atoms with Gasteiger partial charge in [-0.15, -0.1) is 0 Å². The van der Waals surface area contributed by atoms with Crippen molar-refractivity contribution in [2.24, 2.45) is 0 Å². The summed E-state index contributed by atoms with van der Waals surface area (Å²) in [6.45, 7) is 4.55. The van der Waals surface area contributed by atoms with Gasteiger partial charge in [-0.3, -0.25) is 9.36 Å². The number of quaternary nitrogens is 1. The molecule has 0 aliphatic carbocycles. The zero-order valence-corrected chi connectivity index (χ0v) is 44.3. The van der Waals surface area contributed by atoms with E-state index < -0.39 is 20.0 Å². The number of unbranched alkanes of at least 4 members (excludes halogenated alkanes) is 21. The van der Waals surface area contributed by atoms with E-state index in [0.717, 1.165) is 83.5 Å². The first kappa shape index (κ1) is 63.7. The van der Waals surface area contributed by atoms with Gasteiger partial charge >= 0.3 is 0 Å². The molecule has 2 N–H and O–H groups in total. The average molecular weight is 943 g/mol. The monoisotopic (exact) mass is 943 g/mol. The zero-order valence-electron chi connectivity index (χ0n) is 43.4. The van der Waals surface area contributed by atoms with Crippen LogP contribution in [0.2, 0.25) is 0 Å². The average Bonchev–Trinajstić information content (AvgIpc) is 3.28. The predicted molar refractivity (Wildman–Crippen MR) is 283 cm³/mol. The van der Waals surface area contributed by atoms with Gasteiger partial charge in [-0.2, -0.15) is 0 Å². The van der Waals surface area contributed by atoms with Crippen LogP contribution in [0.5, 0.6) is 0 Å². The van der Waals surface area contributed by atoms with Gasteiger partial charge in [0.2, 0.25) is 5.91 Å². The first-order valence-electron chi connectivity index (χ1n) is 26.9. The molecule has 3 unspecified atom stereocenters. The van der Waals surface area contributed by atoms with Gasteiger partial charge in [-0.25, -0.2) is 0 Å². The number of carbonyl (C=O) groups is 1. The van der Waals surface area contributed by atoms with E-state index in [0.29, 0.717) is 23.9 Å². The first-order chi connectivity index (χ1) is 32.0. The lowest BCUT2D eigenvalue weighted by Gasteiger charge is -2.30. The normalized spacial score (nSPS) is 14.7. The van der Waals surface area contributed by atoms with Crippen molar-refractivity contribution in [2.45, 2.75) is 231 Å². The fourth-order valence-electron chi connectivity index (χ4n) is 7.43. The molecule has 0 aliphatic heterocycles. The van der Waals surface area contributed by atoms with Crippen molar-refractivity contribution in [2.75, 3.05) is 40.9 Å². The highest BCUT2D eigenvalue weighted by molar-refractivity contribution is 7.45. The molecule has 382 valence electrons. The van der Waals surface area contributed by atoms with Crippen LogP contribution in [0.1, 0.15) is 219 Å². The Balaban J connectivity index is 3.89. The summed E-state index contributed by atoms with van der Waals surface area (Å²) in [5.41, 5.74) is 0. The highest BCUT2D eigenvalue weighted by atomic mass is 31.2. The quantitative estimate of drug-likeness (QED) is 0.0272. The number of hydrogen-bond acceptors (Lipinski definition) is 6. The molecule has 0 heterocycles. The molecule has 0 bridgehead atoms. The van der Waals surface area contributed by atoms with Crippen LogP contribution in [-0.4, -0.2) is 68.5 Å². The number of nitrogens with one attached hydrogen (secondary N) is 1. The number of aliphatic hydroxyl groups excluding tert-OH is 1. The van der Waals surface area contributed by atoms with E-state index in [4.69, 9.17) is 9.05 Å². The van der Waals surface area contributed by atoms with Gasteiger partial charge in [0.25, 0.3) is 7.82 Å². The highest BCUT2D eigenvalue weighted by Crippen LogP contribution is 2.38. The maximum absolute atomic E-state index is 12.9. The first-order valence-corrected chi connectivity index (χ1v) is 28.4. The SMILES string of the molecule is CC/C=C\C/C=C\C/C=C\C/C=C\C/C=C\C/C=C\C/C=C\CCCCCCCCCCCCCCCCCC(=O)NC(COP(=O)([O-])OCC[N+](C)(C)C)C(O)CCCCCCCCC. The number of carbonyl (C=O) groups excluding carboxylic acids is 1. The van der Waals surface area contributed by atoms with Crippen molar-refractivity contribution in [1.29, 1.82) is 0 Å². The van der Waals surface area contributed by atoms with Gasteiger partial charge < -0.3 is 28.8 Å². The molecule has 3 atom stereocenters. The Morgan fingerprint density at radius 2 is 0.924 bits per heavy atom. The van der Waals surface area contributed by atoms with Crippen molar-refractivity contribution in [3.8, 4) is 0 Å². The van der Waals surface area contributed by atoms with Crippen LogP contribution in [0.25, 0.3) is 0 Å². The van der Waals surface area contributed by atoms with Crippen molar-refractivity contribution >= 4 is 13.7 Å². The molecule has 8 nitrogen and oxygen atoms in total. The summed E-state index contributed by atoms with van der Waals surface area (Å²) in [5.74, 6) is -0.172. The Bertz CT molecular complexity index is 1350. The fraction of sp³-hybridized carbons (Fsp3) is 0.737. The summed E-state index contributed by atoms with van der Waals surface area (Å²) in [7, 11) is 1.30. The largest absolute Gasteiger partial charge is 0.756 e. The molecule has 0 radical (unpaired) electrons. The Hall–Kier alpha value is -2.32. The van der Waals surface area contributed by atoms with E-state index >= 15 is 0 Å². The lowest BCUT2D eigenvalue weighted by molar-refractivity contribution is -0.870. The van der Waals surface area contributed by atoms with Crippen LogP contribution < -0.4 is 10.2 Å². The summed E-state index contributed by atoms with van der Waals surface area (Å²) in [6.07, 6.45) is 66.5. The molecule has 0 fully saturated rings. The van der Waals surface area contributed by atoms with Crippen LogP contribution in [0, 0.1) is 0 Å². The third-order valence-corrected chi connectivity index (χ3v) is 12.6. The van der Waals surface area contributed by atoms with E-state index in [1.807, 2.05) is 21.1 Å². The molecule has 1 amide bonds. The van der Waals surface area contributed by atoms with E-state index in [2.05, 4.69) is 104 Å². The Morgan fingerprint density at radius 1 is 0.545 bits per heavy atom. The van der Waals surface area contributed by atoms with Gasteiger partial charge in [-0.1, -0.05) is 227 Å². The van der Waals surface area contributed by atoms with Crippen LogP contribution >= 0.6 is 7.82 Å². The molecule has 66 heavy (non-hydrogen) atoms. The minimum Gasteiger partial charge on any atom is -0.756 e. The molecular formula is C57H103N2O6P. The second kappa shape index (κ2) is 47.7. The predicted octanol–water partition coefficient (Wildman–Crippen LogP) is 15.5. The lowest BCUT2D eigenvalue weighted by Crippen LogP contribution is -2.46. The number of allylic oxidation sites excluding steroid dienone is 14. The van der Waals surface area contributed by atoms with Crippen LogP contribution in [0.3, 0.4) is 0 Å². The summed E-state index contributed by atoms with van der Waals surface area (Å²) < 4.78 is 23.2. The minimum absolute atomic E-state index is 0.00946. The molecule has 0 saturated heterocycles. The summed E-state index contributed by atoms with van der Waals surface area (Å²) in [5, 5.41) is 13.8. The summed E-state index contributed by atoms with van der Waals surface area (Å²) in [4.78, 5) is 25.3. The molecule has 0 spiro atoms. The lowest BCUT2D eigenvalue weighted by atomic mass is 10.0. The standard InChI is InChI=1S/C57H103N2O6P/c1-6-8-10-12-14-15-16-17-18-19-20-21-22-23-24-25-26-27-28-29-30-31-32-33-34-35-36-37-38-39-40-41-42-43-45-47-49-51-57(61)58-55(56(60)50-48-46-44-13-11-9-7-2)54-65-66(62,63)64-53-52-59(3,4)5/h8,10,14-15,17-18,20-21,23-24,26-27,29-30,55-56,60H,6-7,9,11-13,16,19,22,25,28,31-54H2,1-5H3,(H-,58,61,62,63)/b10-8-,15-14-,18-17-,21-20-,24-23-,27-26-,30-29-. The van der Waals surface area contributed by atoms with Gasteiger partial charge in [-0.05, 0) is 70.6 Å². The number of likely N-dealkylation sites (N-methyl/N-ethyl adjacent to an activating group) is 1. The second-order valence-electron chi connectivity index (χ2n) is 19.2. The van der Waals surface area contributed by atoms with Crippen LogP contribution in [0.4, 0.5) is 0 Å². The minimum atomic E-state index is -4.56. The third kappa shape index (κ3) is 49.6. The smallest absolute Gasteiger partial charge is 0.268 e. The molecule has 0 rings (SSSR count). The Labute approximate surface area is 407 Å². The molecular weight excluding hydrogens is 840 g/mol. The molecule has 0 aliphatic rings. The Morgan fingerprint density at radius 3 is 1.35 bits per heavy atom. The van der Waals surface area contributed by atoms with E-state index in [1.54, 1.807) is 0 Å². The maximum Gasteiger partial charge on any atom is 0.268 e. The molecule has 0 aromatic heterocycles. The number of nitrogens with zero attached hydrogens (tertiary/aromatic N) is 1. The van der Waals surface area contributed by atoms with Gasteiger partial charge in [0, 0.05) is 6.42 Å². The summed E-state index contributed by atoms with van der Waals surface area (Å²) >= 11 is 0. The number of rotatable bonds is 48.